The van der Waals surface area contributed by atoms with E-state index in [1.165, 1.54) is 6.33 Å². The van der Waals surface area contributed by atoms with Crippen LogP contribution in [-0.2, 0) is 22.6 Å². The number of aromatic amines is 1. The van der Waals surface area contributed by atoms with Gasteiger partial charge in [0.05, 0.1) is 18.8 Å². The molecule has 0 saturated carbocycles. The van der Waals surface area contributed by atoms with E-state index in [1.54, 1.807) is 11.8 Å². The summed E-state index contributed by atoms with van der Waals surface area (Å²) in [4.78, 5) is 16.1. The van der Waals surface area contributed by atoms with Gasteiger partial charge in [-0.05, 0) is 29.2 Å². The van der Waals surface area contributed by atoms with Crippen molar-refractivity contribution in [1.29, 1.82) is 0 Å². The number of nitrogens with zero attached hydrogens (tertiary/aromatic N) is 2. The fourth-order valence-electron chi connectivity index (χ4n) is 4.77. The Hall–Kier alpha value is -3.70. The number of carbonyl (C=O) groups excluding carboxylic acids is 1. The summed E-state index contributed by atoms with van der Waals surface area (Å²) in [6.45, 7) is 2.86. The summed E-state index contributed by atoms with van der Waals surface area (Å²) in [6, 6.07) is 25.9. The molecule has 1 aliphatic heterocycles. The zero-order valence-corrected chi connectivity index (χ0v) is 23.0. The lowest BCUT2D eigenvalue weighted by Crippen LogP contribution is -2.38. The molecule has 9 nitrogen and oxygen atoms in total. The number of hydrogen-bond donors (Lipinski definition) is 4. The first kappa shape index (κ1) is 27.9. The minimum atomic E-state index is -0.604. The van der Waals surface area contributed by atoms with E-state index < -0.39 is 6.29 Å². The third kappa shape index (κ3) is 6.89. The molecule has 1 aliphatic rings. The lowest BCUT2D eigenvalue weighted by Gasteiger charge is -2.43. The van der Waals surface area contributed by atoms with Crippen LogP contribution in [0.2, 0.25) is 0 Å². The molecule has 1 fully saturated rings. The first-order chi connectivity index (χ1) is 19.6. The van der Waals surface area contributed by atoms with Crippen molar-refractivity contribution < 1.29 is 19.4 Å². The van der Waals surface area contributed by atoms with E-state index in [-0.39, 0.29) is 30.8 Å². The minimum absolute atomic E-state index is 0.0165. The Morgan fingerprint density at radius 3 is 2.33 bits per heavy atom. The van der Waals surface area contributed by atoms with Gasteiger partial charge in [-0.3, -0.25) is 5.10 Å². The van der Waals surface area contributed by atoms with Crippen molar-refractivity contribution in [3.8, 4) is 0 Å². The van der Waals surface area contributed by atoms with E-state index in [0.717, 1.165) is 33.0 Å². The van der Waals surface area contributed by atoms with Crippen molar-refractivity contribution in [2.75, 3.05) is 12.3 Å². The van der Waals surface area contributed by atoms with Crippen LogP contribution in [0.15, 0.2) is 90.3 Å². The molecule has 4 aromatic rings. The Morgan fingerprint density at radius 2 is 1.65 bits per heavy atom. The van der Waals surface area contributed by atoms with Crippen LogP contribution in [0.4, 0.5) is 4.79 Å². The van der Waals surface area contributed by atoms with Gasteiger partial charge in [-0.15, -0.1) is 0 Å². The lowest BCUT2D eigenvalue weighted by atomic mass is 9.84. The molecule has 2 heterocycles. The van der Waals surface area contributed by atoms with Crippen LogP contribution in [0.25, 0.3) is 0 Å². The Morgan fingerprint density at radius 1 is 0.925 bits per heavy atom. The SMILES string of the molecule is CCNC(=O)NCc1ccc(C2OC(CSc3ncn[nH]3)C(c3ccccc3)C(c3ccc(CO)cc3)O2)cc1. The molecular formula is C30H33N5O4S. The van der Waals surface area contributed by atoms with Crippen LogP contribution < -0.4 is 10.6 Å². The second kappa shape index (κ2) is 13.6. The van der Waals surface area contributed by atoms with Crippen molar-refractivity contribution in [1.82, 2.24) is 25.8 Å². The monoisotopic (exact) mass is 559 g/mol. The molecule has 5 rings (SSSR count). The molecule has 1 saturated heterocycles. The fraction of sp³-hybridized carbons (Fsp3) is 0.300. The zero-order chi connectivity index (χ0) is 27.7. The summed E-state index contributed by atoms with van der Waals surface area (Å²) >= 11 is 1.56. The van der Waals surface area contributed by atoms with Crippen molar-refractivity contribution in [2.45, 2.75) is 49.6 Å². The van der Waals surface area contributed by atoms with Gasteiger partial charge < -0.3 is 25.2 Å². The van der Waals surface area contributed by atoms with Gasteiger partial charge in [0.15, 0.2) is 11.4 Å². The van der Waals surface area contributed by atoms with Crippen LogP contribution in [0.3, 0.4) is 0 Å². The number of amides is 2. The number of aliphatic hydroxyl groups excluding tert-OH is 1. The molecule has 3 aromatic carbocycles. The average Bonchev–Trinajstić information content (AvgIpc) is 3.53. The molecule has 2 amide bonds. The van der Waals surface area contributed by atoms with E-state index in [4.69, 9.17) is 9.47 Å². The maximum atomic E-state index is 11.8. The number of rotatable bonds is 10. The molecule has 4 unspecified atom stereocenters. The third-order valence-electron chi connectivity index (χ3n) is 6.79. The predicted octanol–water partition coefficient (Wildman–Crippen LogP) is 4.85. The average molecular weight is 560 g/mol. The number of benzene rings is 3. The first-order valence-corrected chi connectivity index (χ1v) is 14.3. The lowest BCUT2D eigenvalue weighted by molar-refractivity contribution is -0.255. The van der Waals surface area contributed by atoms with Crippen LogP contribution in [0.1, 0.15) is 53.1 Å². The van der Waals surface area contributed by atoms with Gasteiger partial charge in [0.25, 0.3) is 0 Å². The van der Waals surface area contributed by atoms with Gasteiger partial charge in [-0.25, -0.2) is 9.78 Å². The predicted molar refractivity (Wildman–Crippen MR) is 152 cm³/mol. The van der Waals surface area contributed by atoms with Crippen molar-refractivity contribution in [3.05, 3.63) is 113 Å². The van der Waals surface area contributed by atoms with Crippen LogP contribution >= 0.6 is 11.8 Å². The molecule has 40 heavy (non-hydrogen) atoms. The summed E-state index contributed by atoms with van der Waals surface area (Å²) in [5.41, 5.74) is 4.84. The van der Waals surface area contributed by atoms with Crippen LogP contribution in [0.5, 0.6) is 0 Å². The summed E-state index contributed by atoms with van der Waals surface area (Å²) in [5.74, 6) is 0.544. The molecule has 4 atom stereocenters. The van der Waals surface area contributed by atoms with Gasteiger partial charge >= 0.3 is 6.03 Å². The van der Waals surface area contributed by atoms with Crippen molar-refractivity contribution in [3.63, 3.8) is 0 Å². The van der Waals surface area contributed by atoms with Crippen LogP contribution in [0, 0.1) is 0 Å². The molecule has 0 spiro atoms. The topological polar surface area (TPSA) is 121 Å². The fourth-order valence-corrected chi connectivity index (χ4v) is 5.62. The van der Waals surface area contributed by atoms with E-state index in [2.05, 4.69) is 37.9 Å². The number of thioether (sulfide) groups is 1. The van der Waals surface area contributed by atoms with Gasteiger partial charge in [0.2, 0.25) is 0 Å². The highest BCUT2D eigenvalue weighted by molar-refractivity contribution is 7.99. The number of nitrogens with one attached hydrogen (secondary N) is 3. The molecule has 4 N–H and O–H groups in total. The number of hydrogen-bond acceptors (Lipinski definition) is 7. The standard InChI is InChI=1S/C30H33N5O4S/c1-2-31-29(37)32-16-20-8-14-24(15-9-20)28-38-25(18-40-30-33-19-34-35-30)26(22-6-4-3-5-7-22)27(39-28)23-12-10-21(17-36)11-13-23/h3-15,19,25-28,36H,2,16-18H2,1H3,(H2,31,32,37)(H,33,34,35). The maximum Gasteiger partial charge on any atom is 0.315 e. The first-order valence-electron chi connectivity index (χ1n) is 13.3. The van der Waals surface area contributed by atoms with Gasteiger partial charge in [0.1, 0.15) is 6.33 Å². The number of urea groups is 1. The number of ether oxygens (including phenoxy) is 2. The number of aromatic nitrogens is 3. The molecule has 0 radical (unpaired) electrons. The maximum absolute atomic E-state index is 11.8. The zero-order valence-electron chi connectivity index (χ0n) is 22.2. The Bertz CT molecular complexity index is 1340. The highest BCUT2D eigenvalue weighted by Gasteiger charge is 2.42. The number of aliphatic hydroxyl groups is 1. The van der Waals surface area contributed by atoms with Crippen LogP contribution in [-0.4, -0.2) is 44.7 Å². The highest BCUT2D eigenvalue weighted by atomic mass is 32.2. The van der Waals surface area contributed by atoms with Gasteiger partial charge in [0, 0.05) is 30.3 Å². The van der Waals surface area contributed by atoms with Gasteiger partial charge in [-0.1, -0.05) is 90.6 Å². The Balaban J connectivity index is 1.44. The Kier molecular flexibility index (Phi) is 9.46. The van der Waals surface area contributed by atoms with Crippen molar-refractivity contribution in [2.24, 2.45) is 0 Å². The minimum Gasteiger partial charge on any atom is -0.392 e. The highest BCUT2D eigenvalue weighted by Crippen LogP contribution is 2.47. The largest absolute Gasteiger partial charge is 0.392 e. The molecule has 10 heteroatoms. The number of carbonyl (C=O) groups is 1. The van der Waals surface area contributed by atoms with Crippen molar-refractivity contribution >= 4 is 17.8 Å². The smallest absolute Gasteiger partial charge is 0.315 e. The second-order valence-electron chi connectivity index (χ2n) is 9.46. The number of H-pyrrole nitrogens is 1. The summed E-state index contributed by atoms with van der Waals surface area (Å²) in [7, 11) is 0. The second-order valence-corrected chi connectivity index (χ2v) is 10.5. The van der Waals surface area contributed by atoms with E-state index >= 15 is 0 Å². The molecule has 0 bridgehead atoms. The normalized spacial score (nSPS) is 20.6. The summed E-state index contributed by atoms with van der Waals surface area (Å²) in [5, 5.41) is 22.8. The molecule has 0 aliphatic carbocycles. The Labute approximate surface area is 237 Å². The summed E-state index contributed by atoms with van der Waals surface area (Å²) < 4.78 is 13.4. The molecular weight excluding hydrogens is 526 g/mol. The quantitative estimate of drug-likeness (QED) is 0.205. The van der Waals surface area contributed by atoms with E-state index in [9.17, 15) is 9.90 Å². The molecule has 208 valence electrons. The van der Waals surface area contributed by atoms with E-state index in [0.29, 0.717) is 18.8 Å². The third-order valence-corrected chi connectivity index (χ3v) is 7.76. The summed E-state index contributed by atoms with van der Waals surface area (Å²) in [6.07, 6.45) is 0.387. The van der Waals surface area contributed by atoms with Gasteiger partial charge in [-0.2, -0.15) is 5.10 Å². The van der Waals surface area contributed by atoms with E-state index in [1.807, 2.05) is 73.7 Å². The molecule has 1 aromatic heterocycles.